The van der Waals surface area contributed by atoms with Crippen LogP contribution in [0.3, 0.4) is 0 Å². The summed E-state index contributed by atoms with van der Waals surface area (Å²) < 4.78 is 30.4. The second-order valence-electron chi connectivity index (χ2n) is 5.41. The Kier molecular flexibility index (Phi) is 6.49. The Balaban J connectivity index is 1.98. The van der Waals surface area contributed by atoms with Gasteiger partial charge < -0.3 is 10.1 Å². The third-order valence-corrected chi connectivity index (χ3v) is 4.83. The highest BCUT2D eigenvalue weighted by molar-refractivity contribution is 7.88. The molecule has 134 valence electrons. The molecule has 1 aromatic heterocycles. The Morgan fingerprint density at radius 3 is 2.52 bits per heavy atom. The maximum atomic E-state index is 12.2. The van der Waals surface area contributed by atoms with Gasteiger partial charge in [-0.3, -0.25) is 9.78 Å². The first kappa shape index (κ1) is 18.9. The lowest BCUT2D eigenvalue weighted by Crippen LogP contribution is -2.37. The van der Waals surface area contributed by atoms with Gasteiger partial charge in [0.15, 0.2) is 0 Å². The van der Waals surface area contributed by atoms with Crippen LogP contribution in [0, 0.1) is 0 Å². The number of nitrogens with one attached hydrogen (secondary N) is 1. The molecular formula is C17H21N3O4S. The number of rotatable bonds is 8. The molecule has 0 aliphatic rings. The van der Waals surface area contributed by atoms with E-state index >= 15 is 0 Å². The number of hydrogen-bond acceptors (Lipinski definition) is 5. The van der Waals surface area contributed by atoms with Gasteiger partial charge in [-0.25, -0.2) is 8.42 Å². The lowest BCUT2D eigenvalue weighted by molar-refractivity contribution is 0.0948. The average Bonchev–Trinajstić information content (AvgIpc) is 2.60. The monoisotopic (exact) mass is 363 g/mol. The minimum absolute atomic E-state index is 0.169. The molecule has 1 heterocycles. The van der Waals surface area contributed by atoms with Crippen LogP contribution in [0.2, 0.25) is 0 Å². The zero-order chi connectivity index (χ0) is 18.3. The highest BCUT2D eigenvalue weighted by atomic mass is 32.2. The maximum absolute atomic E-state index is 12.2. The van der Waals surface area contributed by atoms with E-state index in [1.165, 1.54) is 11.4 Å². The van der Waals surface area contributed by atoms with E-state index < -0.39 is 10.0 Å². The molecule has 0 saturated heterocycles. The normalized spacial score (nSPS) is 11.3. The molecule has 1 aromatic carbocycles. The van der Waals surface area contributed by atoms with Gasteiger partial charge in [-0.2, -0.15) is 4.31 Å². The van der Waals surface area contributed by atoms with E-state index in [-0.39, 0.29) is 25.5 Å². The smallest absolute Gasteiger partial charge is 0.255 e. The van der Waals surface area contributed by atoms with Crippen molar-refractivity contribution in [1.29, 1.82) is 0 Å². The van der Waals surface area contributed by atoms with E-state index in [0.29, 0.717) is 11.3 Å². The molecule has 0 bridgehead atoms. The van der Waals surface area contributed by atoms with E-state index in [2.05, 4.69) is 10.3 Å². The number of para-hydroxylation sites is 1. The van der Waals surface area contributed by atoms with E-state index in [9.17, 15) is 13.2 Å². The molecule has 0 radical (unpaired) electrons. The van der Waals surface area contributed by atoms with Crippen LogP contribution in [0.15, 0.2) is 48.8 Å². The van der Waals surface area contributed by atoms with Gasteiger partial charge in [-0.15, -0.1) is 0 Å². The first-order valence-electron chi connectivity index (χ1n) is 7.67. The second-order valence-corrected chi connectivity index (χ2v) is 7.39. The number of ether oxygens (including phenoxy) is 1. The maximum Gasteiger partial charge on any atom is 0.255 e. The van der Waals surface area contributed by atoms with Gasteiger partial charge in [0.25, 0.3) is 5.91 Å². The van der Waals surface area contributed by atoms with Gasteiger partial charge in [-0.1, -0.05) is 12.1 Å². The summed E-state index contributed by atoms with van der Waals surface area (Å²) in [7, 11) is -1.91. The third kappa shape index (κ3) is 5.54. The van der Waals surface area contributed by atoms with Gasteiger partial charge >= 0.3 is 0 Å². The van der Waals surface area contributed by atoms with Crippen molar-refractivity contribution in [2.45, 2.75) is 6.54 Å². The molecule has 25 heavy (non-hydrogen) atoms. The first-order valence-corrected chi connectivity index (χ1v) is 9.52. The second kappa shape index (κ2) is 8.59. The number of nitrogens with zero attached hydrogens (tertiary/aromatic N) is 2. The standard InChI is InChI=1S/C17H21N3O4S/c1-24-16-6-4-3-5-15(16)17(21)19-11-12-20(25(2,22)23)13-14-7-9-18-10-8-14/h3-10H,11-13H2,1-2H3,(H,19,21). The van der Waals surface area contributed by atoms with Crippen LogP contribution in [0.4, 0.5) is 0 Å². The van der Waals surface area contributed by atoms with Gasteiger partial charge in [0.1, 0.15) is 5.75 Å². The van der Waals surface area contributed by atoms with Crippen LogP contribution >= 0.6 is 0 Å². The van der Waals surface area contributed by atoms with Gasteiger partial charge in [0.2, 0.25) is 10.0 Å². The summed E-state index contributed by atoms with van der Waals surface area (Å²) >= 11 is 0. The lowest BCUT2D eigenvalue weighted by atomic mass is 10.2. The van der Waals surface area contributed by atoms with Crippen molar-refractivity contribution < 1.29 is 17.9 Å². The molecular weight excluding hydrogens is 342 g/mol. The number of amides is 1. The molecule has 1 N–H and O–H groups in total. The van der Waals surface area contributed by atoms with Gasteiger partial charge in [0, 0.05) is 32.0 Å². The molecule has 0 aliphatic carbocycles. The van der Waals surface area contributed by atoms with Crippen LogP contribution in [0.1, 0.15) is 15.9 Å². The van der Waals surface area contributed by atoms with E-state index in [4.69, 9.17) is 4.74 Å². The van der Waals surface area contributed by atoms with Crippen LogP contribution in [0.25, 0.3) is 0 Å². The molecule has 0 fully saturated rings. The molecule has 0 unspecified atom stereocenters. The average molecular weight is 363 g/mol. The van der Waals surface area contributed by atoms with Crippen molar-refractivity contribution in [2.24, 2.45) is 0 Å². The third-order valence-electron chi connectivity index (χ3n) is 3.58. The molecule has 8 heteroatoms. The van der Waals surface area contributed by atoms with Crippen LogP contribution < -0.4 is 10.1 Å². The summed E-state index contributed by atoms with van der Waals surface area (Å²) in [5.74, 6) is 0.159. The summed E-state index contributed by atoms with van der Waals surface area (Å²) in [6.07, 6.45) is 4.37. The van der Waals surface area contributed by atoms with Crippen molar-refractivity contribution in [3.05, 3.63) is 59.9 Å². The number of hydrogen-bond donors (Lipinski definition) is 1. The highest BCUT2D eigenvalue weighted by Crippen LogP contribution is 2.16. The first-order chi connectivity index (χ1) is 11.9. The number of methoxy groups -OCH3 is 1. The molecule has 0 spiro atoms. The summed E-state index contributed by atoms with van der Waals surface area (Å²) in [5.41, 5.74) is 1.24. The Hall–Kier alpha value is -2.45. The van der Waals surface area contributed by atoms with Crippen molar-refractivity contribution in [3.63, 3.8) is 0 Å². The van der Waals surface area contributed by atoms with E-state index in [0.717, 1.165) is 11.8 Å². The zero-order valence-corrected chi connectivity index (χ0v) is 15.0. The molecule has 0 atom stereocenters. The van der Waals surface area contributed by atoms with Crippen molar-refractivity contribution in [1.82, 2.24) is 14.6 Å². The zero-order valence-electron chi connectivity index (χ0n) is 14.2. The van der Waals surface area contributed by atoms with Crippen LogP contribution in [-0.4, -0.2) is 50.1 Å². The van der Waals surface area contributed by atoms with E-state index in [1.807, 2.05) is 0 Å². The van der Waals surface area contributed by atoms with E-state index in [1.54, 1.807) is 48.8 Å². The minimum atomic E-state index is -3.40. The van der Waals surface area contributed by atoms with Crippen molar-refractivity contribution in [3.8, 4) is 5.75 Å². The number of carbonyl (C=O) groups is 1. The summed E-state index contributed by atoms with van der Waals surface area (Å²) in [6, 6.07) is 10.4. The summed E-state index contributed by atoms with van der Waals surface area (Å²) in [5, 5.41) is 2.72. The Bertz CT molecular complexity index is 810. The fourth-order valence-electron chi connectivity index (χ4n) is 2.28. The number of sulfonamides is 1. The van der Waals surface area contributed by atoms with Gasteiger partial charge in [-0.05, 0) is 29.8 Å². The quantitative estimate of drug-likeness (QED) is 0.763. The fraction of sp³-hybridized carbons (Fsp3) is 0.294. The predicted octanol–water partition coefficient (Wildman–Crippen LogP) is 1.28. The number of pyridine rings is 1. The highest BCUT2D eigenvalue weighted by Gasteiger charge is 2.18. The number of aromatic nitrogens is 1. The fourth-order valence-corrected chi connectivity index (χ4v) is 3.08. The molecule has 2 aromatic rings. The number of benzene rings is 1. The number of carbonyl (C=O) groups excluding carboxylic acids is 1. The van der Waals surface area contributed by atoms with Crippen LogP contribution in [0.5, 0.6) is 5.75 Å². The van der Waals surface area contributed by atoms with Crippen molar-refractivity contribution in [2.75, 3.05) is 26.5 Å². The topological polar surface area (TPSA) is 88.6 Å². The SMILES string of the molecule is COc1ccccc1C(=O)NCCN(Cc1ccncc1)S(C)(=O)=O. The Labute approximate surface area is 147 Å². The Morgan fingerprint density at radius 1 is 1.20 bits per heavy atom. The predicted molar refractivity (Wildman–Crippen MR) is 94.8 cm³/mol. The molecule has 0 aliphatic heterocycles. The Morgan fingerprint density at radius 2 is 1.88 bits per heavy atom. The minimum Gasteiger partial charge on any atom is -0.496 e. The molecule has 0 saturated carbocycles. The lowest BCUT2D eigenvalue weighted by Gasteiger charge is -2.20. The van der Waals surface area contributed by atoms with Crippen molar-refractivity contribution >= 4 is 15.9 Å². The molecule has 7 nitrogen and oxygen atoms in total. The van der Waals surface area contributed by atoms with Crippen LogP contribution in [-0.2, 0) is 16.6 Å². The summed E-state index contributed by atoms with van der Waals surface area (Å²) in [4.78, 5) is 16.2. The molecule has 2 rings (SSSR count). The largest absolute Gasteiger partial charge is 0.496 e. The summed E-state index contributed by atoms with van der Waals surface area (Å²) in [6.45, 7) is 0.586. The van der Waals surface area contributed by atoms with Gasteiger partial charge in [0.05, 0.1) is 18.9 Å². The molecule has 1 amide bonds.